The van der Waals surface area contributed by atoms with Crippen LogP contribution in [0.3, 0.4) is 0 Å². The normalized spacial score (nSPS) is 25.4. The van der Waals surface area contributed by atoms with E-state index in [1.165, 1.54) is 23.3 Å². The van der Waals surface area contributed by atoms with Gasteiger partial charge in [0.05, 0.1) is 5.39 Å². The predicted octanol–water partition coefficient (Wildman–Crippen LogP) is 3.35. The molecule has 3 aromatic rings. The highest BCUT2D eigenvalue weighted by Gasteiger charge is 2.43. The van der Waals surface area contributed by atoms with Gasteiger partial charge in [-0.2, -0.15) is 9.36 Å². The van der Waals surface area contributed by atoms with E-state index < -0.39 is 0 Å². The molecular weight excluding hydrogens is 420 g/mol. The van der Waals surface area contributed by atoms with E-state index in [1.54, 1.807) is 6.33 Å². The van der Waals surface area contributed by atoms with Crippen molar-refractivity contribution in [2.24, 2.45) is 11.8 Å². The van der Waals surface area contributed by atoms with Crippen LogP contribution in [0.4, 0.5) is 15.7 Å². The standard InChI is InChI=1S/C19H24N8OS2/c1-27(16-14-3-4-20-15(14)21-9-22-16)13-7-10-5-12(6-11(10)8-13)23-17(28)24-18-25-19(29-2)26-30-18/h3-4,9-13H,5-8H2,1-2H3,(H,20,21,22)(H2,23,24,25,26,28)/t10-,11?,12+,13-/m1/s1. The summed E-state index contributed by atoms with van der Waals surface area (Å²) < 4.78 is 4.17. The van der Waals surface area contributed by atoms with Crippen molar-refractivity contribution >= 4 is 51.3 Å². The van der Waals surface area contributed by atoms with Crippen LogP contribution in [0.1, 0.15) is 25.7 Å². The number of fused-ring (bicyclic) bond motifs is 2. The van der Waals surface area contributed by atoms with Crippen molar-refractivity contribution in [2.45, 2.75) is 42.9 Å². The van der Waals surface area contributed by atoms with Crippen LogP contribution >= 0.6 is 23.3 Å². The van der Waals surface area contributed by atoms with Gasteiger partial charge in [0.1, 0.15) is 17.8 Å². The van der Waals surface area contributed by atoms with Gasteiger partial charge >= 0.3 is 6.03 Å². The van der Waals surface area contributed by atoms with Gasteiger partial charge < -0.3 is 15.2 Å². The fraction of sp³-hybridized carbons (Fsp3) is 0.526. The van der Waals surface area contributed by atoms with Crippen molar-refractivity contribution in [3.63, 3.8) is 0 Å². The first-order valence-electron chi connectivity index (χ1n) is 10.1. The highest BCUT2D eigenvalue weighted by atomic mass is 32.2. The second kappa shape index (κ2) is 8.03. The number of nitrogens with one attached hydrogen (secondary N) is 3. The Bertz CT molecular complexity index is 1040. The molecule has 0 saturated heterocycles. The molecule has 1 unspecified atom stereocenters. The third-order valence-electron chi connectivity index (χ3n) is 6.35. The number of hydrogen-bond donors (Lipinski definition) is 3. The lowest BCUT2D eigenvalue weighted by molar-refractivity contribution is 0.248. The van der Waals surface area contributed by atoms with Gasteiger partial charge in [-0.1, -0.05) is 11.8 Å². The number of anilines is 2. The maximum absolute atomic E-state index is 12.3. The van der Waals surface area contributed by atoms with Crippen molar-refractivity contribution in [1.82, 2.24) is 29.6 Å². The SMILES string of the molecule is CSc1nsc(NC(=O)N[C@@H]2CC3C[C@H](N(C)c4ncnc5[nH]ccc45)C[C@H]3C2)n1. The molecule has 2 aliphatic carbocycles. The average molecular weight is 445 g/mol. The minimum Gasteiger partial charge on any atom is -0.356 e. The minimum atomic E-state index is -0.187. The van der Waals surface area contributed by atoms with Crippen molar-refractivity contribution < 1.29 is 4.79 Å². The van der Waals surface area contributed by atoms with E-state index in [-0.39, 0.29) is 12.1 Å². The smallest absolute Gasteiger partial charge is 0.321 e. The summed E-state index contributed by atoms with van der Waals surface area (Å²) in [6, 6.07) is 2.53. The molecular formula is C19H24N8OS2. The van der Waals surface area contributed by atoms with Crippen LogP contribution in [0.2, 0.25) is 0 Å². The molecule has 3 heterocycles. The number of aromatic amines is 1. The van der Waals surface area contributed by atoms with Gasteiger partial charge in [0, 0.05) is 36.9 Å². The Morgan fingerprint density at radius 2 is 2.07 bits per heavy atom. The van der Waals surface area contributed by atoms with E-state index in [2.05, 4.69) is 46.9 Å². The molecule has 11 heteroatoms. The summed E-state index contributed by atoms with van der Waals surface area (Å²) in [6.45, 7) is 0. The van der Waals surface area contributed by atoms with Gasteiger partial charge in [0.15, 0.2) is 0 Å². The Morgan fingerprint density at radius 3 is 2.80 bits per heavy atom. The Hall–Kier alpha value is -2.40. The number of hydrogen-bond acceptors (Lipinski definition) is 8. The summed E-state index contributed by atoms with van der Waals surface area (Å²) in [5.74, 6) is 2.26. The van der Waals surface area contributed by atoms with E-state index in [0.29, 0.717) is 28.2 Å². The minimum absolute atomic E-state index is 0.187. The number of amides is 2. The monoisotopic (exact) mass is 444 g/mol. The van der Waals surface area contributed by atoms with Gasteiger partial charge in [-0.3, -0.25) is 5.32 Å². The number of carbonyl (C=O) groups excluding carboxylic acids is 1. The molecule has 4 atom stereocenters. The first kappa shape index (κ1) is 19.6. The van der Waals surface area contributed by atoms with Crippen LogP contribution in [0, 0.1) is 11.8 Å². The quantitative estimate of drug-likeness (QED) is 0.517. The molecule has 0 aromatic carbocycles. The lowest BCUT2D eigenvalue weighted by Gasteiger charge is -2.27. The summed E-state index contributed by atoms with van der Waals surface area (Å²) >= 11 is 2.67. The van der Waals surface area contributed by atoms with E-state index in [0.717, 1.165) is 42.5 Å². The number of H-pyrrole nitrogens is 1. The van der Waals surface area contributed by atoms with Crippen LogP contribution in [0.25, 0.3) is 11.0 Å². The Labute approximate surface area is 182 Å². The van der Waals surface area contributed by atoms with Gasteiger partial charge in [-0.15, -0.1) is 0 Å². The number of carbonyl (C=O) groups is 1. The zero-order valence-corrected chi connectivity index (χ0v) is 18.5. The largest absolute Gasteiger partial charge is 0.356 e. The summed E-state index contributed by atoms with van der Waals surface area (Å²) in [7, 11) is 2.13. The van der Waals surface area contributed by atoms with Gasteiger partial charge in [-0.05, 0) is 49.8 Å². The number of rotatable bonds is 5. The van der Waals surface area contributed by atoms with Crippen LogP contribution in [0.5, 0.6) is 0 Å². The molecule has 5 rings (SSSR count). The summed E-state index contributed by atoms with van der Waals surface area (Å²) in [5.41, 5.74) is 0.875. The summed E-state index contributed by atoms with van der Waals surface area (Å²) in [6.07, 6.45) is 9.76. The molecule has 0 radical (unpaired) electrons. The fourth-order valence-electron chi connectivity index (χ4n) is 4.99. The van der Waals surface area contributed by atoms with E-state index in [1.807, 2.05) is 18.5 Å². The fourth-order valence-corrected chi connectivity index (χ4v) is 6.11. The van der Waals surface area contributed by atoms with Crippen molar-refractivity contribution in [3.8, 4) is 0 Å². The summed E-state index contributed by atoms with van der Waals surface area (Å²) in [5, 5.41) is 8.22. The maximum Gasteiger partial charge on any atom is 0.321 e. The van der Waals surface area contributed by atoms with E-state index >= 15 is 0 Å². The number of thioether (sulfide) groups is 1. The van der Waals surface area contributed by atoms with Crippen LogP contribution < -0.4 is 15.5 Å². The average Bonchev–Trinajstić information content (AvgIpc) is 3.50. The van der Waals surface area contributed by atoms with Crippen molar-refractivity contribution in [3.05, 3.63) is 18.6 Å². The highest BCUT2D eigenvalue weighted by molar-refractivity contribution is 7.98. The van der Waals surface area contributed by atoms with Gasteiger partial charge in [0.25, 0.3) is 0 Å². The van der Waals surface area contributed by atoms with Crippen LogP contribution in [0.15, 0.2) is 23.7 Å². The van der Waals surface area contributed by atoms with Crippen molar-refractivity contribution in [2.75, 3.05) is 23.5 Å². The molecule has 0 spiro atoms. The molecule has 0 aliphatic heterocycles. The second-order valence-corrected chi connectivity index (χ2v) is 9.57. The Kier molecular flexibility index (Phi) is 5.23. The number of aromatic nitrogens is 5. The zero-order chi connectivity index (χ0) is 20.7. The third-order valence-corrected chi connectivity index (χ3v) is 7.65. The first-order chi connectivity index (χ1) is 14.6. The molecule has 30 heavy (non-hydrogen) atoms. The first-order valence-corrected chi connectivity index (χ1v) is 12.1. The molecule has 3 aromatic heterocycles. The Morgan fingerprint density at radius 1 is 1.27 bits per heavy atom. The predicted molar refractivity (Wildman–Crippen MR) is 119 cm³/mol. The highest BCUT2D eigenvalue weighted by Crippen LogP contribution is 2.46. The zero-order valence-electron chi connectivity index (χ0n) is 16.8. The topological polar surface area (TPSA) is 112 Å². The van der Waals surface area contributed by atoms with Crippen LogP contribution in [-0.2, 0) is 0 Å². The molecule has 2 amide bonds. The summed E-state index contributed by atoms with van der Waals surface area (Å²) in [4.78, 5) is 30.9. The lowest BCUT2D eigenvalue weighted by atomic mass is 10.0. The van der Waals surface area contributed by atoms with E-state index in [4.69, 9.17) is 0 Å². The molecule has 2 saturated carbocycles. The molecule has 3 N–H and O–H groups in total. The molecule has 2 aliphatic rings. The van der Waals surface area contributed by atoms with Gasteiger partial charge in [-0.25, -0.2) is 14.8 Å². The second-order valence-electron chi connectivity index (χ2n) is 8.05. The lowest BCUT2D eigenvalue weighted by Crippen LogP contribution is -2.37. The van der Waals surface area contributed by atoms with Crippen molar-refractivity contribution in [1.29, 1.82) is 0 Å². The number of nitrogens with zero attached hydrogens (tertiary/aromatic N) is 5. The molecule has 0 bridgehead atoms. The third kappa shape index (κ3) is 3.71. The Balaban J connectivity index is 1.16. The maximum atomic E-state index is 12.3. The van der Waals surface area contributed by atoms with Crippen LogP contribution in [-0.4, -0.2) is 55.7 Å². The molecule has 9 nitrogen and oxygen atoms in total. The number of urea groups is 1. The van der Waals surface area contributed by atoms with E-state index in [9.17, 15) is 4.79 Å². The molecule has 2 fully saturated rings. The molecule has 158 valence electrons. The van der Waals surface area contributed by atoms with Gasteiger partial charge in [0.2, 0.25) is 10.3 Å².